The maximum absolute atomic E-state index is 11.1. The zero-order valence-electron chi connectivity index (χ0n) is 9.35. The number of nitrogens with zero attached hydrogens (tertiary/aromatic N) is 1. The van der Waals surface area contributed by atoms with Crippen LogP contribution in [0.25, 0.3) is 0 Å². The summed E-state index contributed by atoms with van der Waals surface area (Å²) in [5.41, 5.74) is 11.6. The van der Waals surface area contributed by atoms with Crippen LogP contribution in [0.3, 0.4) is 0 Å². The van der Waals surface area contributed by atoms with Crippen LogP contribution in [0.15, 0.2) is 24.3 Å². The number of hydrogen-bond donors (Lipinski definition) is 2. The average Bonchev–Trinajstić information content (AvgIpc) is 2.28. The molecule has 2 amide bonds. The van der Waals surface area contributed by atoms with E-state index in [0.29, 0.717) is 19.6 Å². The molecular weight excluding hydrogens is 206 g/mol. The lowest BCUT2D eigenvalue weighted by atomic mass is 10.2. The molecule has 4 N–H and O–H groups in total. The van der Waals surface area contributed by atoms with Gasteiger partial charge in [-0.3, -0.25) is 0 Å². The standard InChI is InChI=1S/C11H17N3O2/c1-16-10-4-2-3-9(7-10)8-14(6-5-12)11(13)15/h2-4,7H,5-6,8,12H2,1H3,(H2,13,15). The van der Waals surface area contributed by atoms with Crippen molar-refractivity contribution in [2.24, 2.45) is 11.5 Å². The molecule has 0 aliphatic rings. The van der Waals surface area contributed by atoms with Crippen LogP contribution < -0.4 is 16.2 Å². The van der Waals surface area contributed by atoms with Crippen LogP contribution in [0.1, 0.15) is 5.56 Å². The first-order chi connectivity index (χ1) is 7.67. The molecule has 0 aliphatic carbocycles. The fourth-order valence-corrected chi connectivity index (χ4v) is 1.41. The van der Waals surface area contributed by atoms with Crippen molar-refractivity contribution in [2.45, 2.75) is 6.54 Å². The lowest BCUT2D eigenvalue weighted by Gasteiger charge is -2.19. The van der Waals surface area contributed by atoms with Gasteiger partial charge in [0.1, 0.15) is 5.75 Å². The summed E-state index contributed by atoms with van der Waals surface area (Å²) in [7, 11) is 1.60. The summed E-state index contributed by atoms with van der Waals surface area (Å²) in [6.07, 6.45) is 0. The molecule has 0 bridgehead atoms. The highest BCUT2D eigenvalue weighted by Crippen LogP contribution is 2.14. The number of carbonyl (C=O) groups excluding carboxylic acids is 1. The molecule has 0 spiro atoms. The summed E-state index contributed by atoms with van der Waals surface area (Å²) in [6.45, 7) is 1.29. The minimum absolute atomic E-state index is 0.396. The number of methoxy groups -OCH3 is 1. The maximum atomic E-state index is 11.1. The molecule has 0 unspecified atom stereocenters. The van der Waals surface area contributed by atoms with Crippen LogP contribution >= 0.6 is 0 Å². The Balaban J connectivity index is 2.72. The van der Waals surface area contributed by atoms with Gasteiger partial charge in [-0.2, -0.15) is 0 Å². The Morgan fingerprint density at radius 1 is 1.50 bits per heavy atom. The van der Waals surface area contributed by atoms with Crippen LogP contribution in [0.2, 0.25) is 0 Å². The quantitative estimate of drug-likeness (QED) is 0.764. The Hall–Kier alpha value is -1.75. The molecule has 5 nitrogen and oxygen atoms in total. The normalized spacial score (nSPS) is 9.88. The first-order valence-electron chi connectivity index (χ1n) is 5.04. The molecule has 0 fully saturated rings. The van der Waals surface area contributed by atoms with Gasteiger partial charge in [-0.1, -0.05) is 12.1 Å². The van der Waals surface area contributed by atoms with Crippen LogP contribution in [-0.2, 0) is 6.54 Å². The van der Waals surface area contributed by atoms with Gasteiger partial charge in [0.25, 0.3) is 0 Å². The maximum Gasteiger partial charge on any atom is 0.315 e. The van der Waals surface area contributed by atoms with Gasteiger partial charge in [0.2, 0.25) is 0 Å². The smallest absolute Gasteiger partial charge is 0.315 e. The lowest BCUT2D eigenvalue weighted by molar-refractivity contribution is 0.206. The summed E-state index contributed by atoms with van der Waals surface area (Å²) in [6, 6.07) is 7.03. The molecule has 88 valence electrons. The molecule has 1 aromatic rings. The van der Waals surface area contributed by atoms with Gasteiger partial charge in [0.05, 0.1) is 7.11 Å². The highest BCUT2D eigenvalue weighted by molar-refractivity contribution is 5.72. The second-order valence-electron chi connectivity index (χ2n) is 3.40. The number of nitrogens with two attached hydrogens (primary N) is 2. The third-order valence-electron chi connectivity index (χ3n) is 2.22. The summed E-state index contributed by atoms with van der Waals surface area (Å²) in [5.74, 6) is 0.759. The first kappa shape index (κ1) is 12.3. The van der Waals surface area contributed by atoms with E-state index in [1.54, 1.807) is 7.11 Å². The van der Waals surface area contributed by atoms with Crippen LogP contribution in [0, 0.1) is 0 Å². The van der Waals surface area contributed by atoms with Crippen molar-refractivity contribution in [3.8, 4) is 5.75 Å². The SMILES string of the molecule is COc1cccc(CN(CCN)C(N)=O)c1. The van der Waals surface area contributed by atoms with Gasteiger partial charge in [0, 0.05) is 19.6 Å². The minimum atomic E-state index is -0.465. The van der Waals surface area contributed by atoms with E-state index >= 15 is 0 Å². The molecule has 0 heterocycles. The number of rotatable bonds is 5. The topological polar surface area (TPSA) is 81.6 Å². The minimum Gasteiger partial charge on any atom is -0.497 e. The Morgan fingerprint density at radius 3 is 2.81 bits per heavy atom. The number of primary amides is 1. The molecule has 1 aromatic carbocycles. The van der Waals surface area contributed by atoms with Crippen molar-refractivity contribution in [3.05, 3.63) is 29.8 Å². The molecular formula is C11H17N3O2. The Bertz CT molecular complexity index is 355. The van der Waals surface area contributed by atoms with Gasteiger partial charge >= 0.3 is 6.03 Å². The Labute approximate surface area is 95.0 Å². The van der Waals surface area contributed by atoms with E-state index in [9.17, 15) is 4.79 Å². The third-order valence-corrected chi connectivity index (χ3v) is 2.22. The van der Waals surface area contributed by atoms with Gasteiger partial charge in [0.15, 0.2) is 0 Å². The monoisotopic (exact) mass is 223 g/mol. The van der Waals surface area contributed by atoms with Crippen molar-refractivity contribution >= 4 is 6.03 Å². The van der Waals surface area contributed by atoms with E-state index in [-0.39, 0.29) is 0 Å². The molecule has 0 aromatic heterocycles. The Morgan fingerprint density at radius 2 is 2.25 bits per heavy atom. The number of carbonyl (C=O) groups is 1. The summed E-state index contributed by atoms with van der Waals surface area (Å²) < 4.78 is 5.10. The first-order valence-corrected chi connectivity index (χ1v) is 5.04. The van der Waals surface area contributed by atoms with Crippen molar-refractivity contribution in [1.29, 1.82) is 0 Å². The summed E-state index contributed by atoms with van der Waals surface area (Å²) >= 11 is 0. The molecule has 0 radical (unpaired) electrons. The van der Waals surface area contributed by atoms with Gasteiger partial charge < -0.3 is 21.1 Å². The molecule has 0 atom stereocenters. The molecule has 0 saturated heterocycles. The van der Waals surface area contributed by atoms with Crippen molar-refractivity contribution in [2.75, 3.05) is 20.2 Å². The van der Waals surface area contributed by atoms with E-state index in [0.717, 1.165) is 11.3 Å². The van der Waals surface area contributed by atoms with Gasteiger partial charge in [-0.25, -0.2) is 4.79 Å². The van der Waals surface area contributed by atoms with Crippen LogP contribution in [-0.4, -0.2) is 31.1 Å². The van der Waals surface area contributed by atoms with E-state index in [1.165, 1.54) is 4.90 Å². The second-order valence-corrected chi connectivity index (χ2v) is 3.40. The van der Waals surface area contributed by atoms with E-state index in [1.807, 2.05) is 24.3 Å². The molecule has 0 saturated carbocycles. The molecule has 0 aliphatic heterocycles. The highest BCUT2D eigenvalue weighted by Gasteiger charge is 2.09. The Kier molecular flexibility index (Phi) is 4.60. The number of hydrogen-bond acceptors (Lipinski definition) is 3. The lowest BCUT2D eigenvalue weighted by Crippen LogP contribution is -2.38. The molecule has 16 heavy (non-hydrogen) atoms. The number of amides is 2. The fraction of sp³-hybridized carbons (Fsp3) is 0.364. The third kappa shape index (κ3) is 3.43. The zero-order chi connectivity index (χ0) is 12.0. The predicted molar refractivity (Wildman–Crippen MR) is 62.0 cm³/mol. The van der Waals surface area contributed by atoms with E-state index in [2.05, 4.69) is 0 Å². The second kappa shape index (κ2) is 5.97. The van der Waals surface area contributed by atoms with E-state index < -0.39 is 6.03 Å². The van der Waals surface area contributed by atoms with Gasteiger partial charge in [-0.15, -0.1) is 0 Å². The van der Waals surface area contributed by atoms with Crippen LogP contribution in [0.5, 0.6) is 5.75 Å². The average molecular weight is 223 g/mol. The number of benzene rings is 1. The molecule has 1 rings (SSSR count). The van der Waals surface area contributed by atoms with Crippen molar-refractivity contribution in [1.82, 2.24) is 4.90 Å². The fourth-order valence-electron chi connectivity index (χ4n) is 1.41. The largest absolute Gasteiger partial charge is 0.497 e. The van der Waals surface area contributed by atoms with Crippen molar-refractivity contribution in [3.63, 3.8) is 0 Å². The molecule has 5 heteroatoms. The van der Waals surface area contributed by atoms with E-state index in [4.69, 9.17) is 16.2 Å². The predicted octanol–water partition coefficient (Wildman–Crippen LogP) is 0.535. The zero-order valence-corrected chi connectivity index (χ0v) is 9.35. The number of urea groups is 1. The summed E-state index contributed by atoms with van der Waals surface area (Å²) in [4.78, 5) is 12.6. The highest BCUT2D eigenvalue weighted by atomic mass is 16.5. The van der Waals surface area contributed by atoms with Crippen molar-refractivity contribution < 1.29 is 9.53 Å². The number of ether oxygens (including phenoxy) is 1. The summed E-state index contributed by atoms with van der Waals surface area (Å²) in [5, 5.41) is 0. The van der Waals surface area contributed by atoms with Gasteiger partial charge in [-0.05, 0) is 17.7 Å². The van der Waals surface area contributed by atoms with Crippen LogP contribution in [0.4, 0.5) is 4.79 Å².